The highest BCUT2D eigenvalue weighted by Gasteiger charge is 2.46. The van der Waals surface area contributed by atoms with Crippen molar-refractivity contribution in [2.75, 3.05) is 32.1 Å². The van der Waals surface area contributed by atoms with Crippen molar-refractivity contribution < 1.29 is 33.9 Å². The van der Waals surface area contributed by atoms with Gasteiger partial charge in [0, 0.05) is 18.5 Å². The Hall–Kier alpha value is -4.04. The van der Waals surface area contributed by atoms with Crippen molar-refractivity contribution >= 4 is 46.1 Å². The van der Waals surface area contributed by atoms with E-state index in [1.807, 2.05) is 0 Å². The second-order valence-corrected chi connectivity index (χ2v) is 7.76. The summed E-state index contributed by atoms with van der Waals surface area (Å²) in [5.41, 5.74) is 0.160. The zero-order chi connectivity index (χ0) is 24.8. The Kier molecular flexibility index (Phi) is 7.75. The standard InChI is InChI=1S/C20H22N6O7S/c1-4-8-33-20(31)23-19-22-13(10-34-19)15(24-32-3)16(27)21-12-9-25-7-6-14(26(25)17(12)28)11(5-2)18(29)30/h4-6,10-12H,1-2,7-9H2,3H3,(H,21,27)(H,29,30)(H,22,23,31)/b24-15-/t11?,12-/m0/s1. The van der Waals surface area contributed by atoms with Crippen LogP contribution in [0.5, 0.6) is 0 Å². The molecular formula is C20H22N6O7S. The number of carboxylic acids is 1. The molecule has 0 aromatic carbocycles. The van der Waals surface area contributed by atoms with E-state index in [4.69, 9.17) is 9.57 Å². The van der Waals surface area contributed by atoms with E-state index in [1.54, 1.807) is 11.1 Å². The van der Waals surface area contributed by atoms with Crippen molar-refractivity contribution in [1.29, 1.82) is 0 Å². The molecule has 3 N–H and O–H groups in total. The normalized spacial score (nSPS) is 18.6. The lowest BCUT2D eigenvalue weighted by Crippen LogP contribution is -2.46. The molecule has 3 rings (SSSR count). The number of rotatable bonds is 10. The second-order valence-electron chi connectivity index (χ2n) is 6.90. The Bertz CT molecular complexity index is 1080. The molecule has 2 aliphatic rings. The Labute approximate surface area is 198 Å². The van der Waals surface area contributed by atoms with Crippen molar-refractivity contribution in [2.24, 2.45) is 11.1 Å². The molecule has 2 atom stereocenters. The molecule has 1 fully saturated rings. The fourth-order valence-corrected chi connectivity index (χ4v) is 4.01. The minimum absolute atomic E-state index is 0.0171. The summed E-state index contributed by atoms with van der Waals surface area (Å²) in [5.74, 6) is -3.43. The number of oxime groups is 1. The molecular weight excluding hydrogens is 468 g/mol. The maximum Gasteiger partial charge on any atom is 0.413 e. The molecule has 1 saturated heterocycles. The van der Waals surface area contributed by atoms with Gasteiger partial charge in [-0.3, -0.25) is 19.7 Å². The van der Waals surface area contributed by atoms with Gasteiger partial charge in [0.2, 0.25) is 0 Å². The van der Waals surface area contributed by atoms with Crippen LogP contribution in [-0.2, 0) is 24.0 Å². The van der Waals surface area contributed by atoms with Gasteiger partial charge in [-0.15, -0.1) is 17.9 Å². The molecule has 1 aromatic heterocycles. The van der Waals surface area contributed by atoms with Crippen LogP contribution in [0.1, 0.15) is 5.69 Å². The summed E-state index contributed by atoms with van der Waals surface area (Å²) in [5, 5.41) is 22.6. The van der Waals surface area contributed by atoms with E-state index in [9.17, 15) is 24.3 Å². The molecule has 1 unspecified atom stereocenters. The quantitative estimate of drug-likeness (QED) is 0.241. The fraction of sp³-hybridized carbons (Fsp3) is 0.300. The highest BCUT2D eigenvalue weighted by Crippen LogP contribution is 2.30. The second kappa shape index (κ2) is 10.7. The van der Waals surface area contributed by atoms with Crippen LogP contribution in [0, 0.1) is 5.92 Å². The first-order valence-corrected chi connectivity index (χ1v) is 10.8. The summed E-state index contributed by atoms with van der Waals surface area (Å²) in [6.45, 7) is 7.43. The molecule has 13 nitrogen and oxygen atoms in total. The molecule has 0 aliphatic carbocycles. The van der Waals surface area contributed by atoms with Gasteiger partial charge in [-0.25, -0.2) is 19.8 Å². The largest absolute Gasteiger partial charge is 0.481 e. The predicted molar refractivity (Wildman–Crippen MR) is 121 cm³/mol. The van der Waals surface area contributed by atoms with Gasteiger partial charge in [-0.05, 0) is 6.08 Å². The van der Waals surface area contributed by atoms with Crippen molar-refractivity contribution in [3.05, 3.63) is 48.2 Å². The molecule has 2 aliphatic heterocycles. The number of thiazole rings is 1. The third-order valence-electron chi connectivity index (χ3n) is 4.75. The smallest absolute Gasteiger partial charge is 0.413 e. The predicted octanol–water partition coefficient (Wildman–Crippen LogP) is 0.556. The van der Waals surface area contributed by atoms with E-state index in [1.165, 1.54) is 29.7 Å². The van der Waals surface area contributed by atoms with Crippen LogP contribution in [0.3, 0.4) is 0 Å². The Morgan fingerprint density at radius 3 is 2.85 bits per heavy atom. The number of aromatic nitrogens is 1. The number of aliphatic carboxylic acids is 1. The maximum absolute atomic E-state index is 13.0. The first-order valence-electron chi connectivity index (χ1n) is 9.87. The minimum atomic E-state index is -1.14. The summed E-state index contributed by atoms with van der Waals surface area (Å²) < 4.78 is 4.81. The minimum Gasteiger partial charge on any atom is -0.481 e. The van der Waals surface area contributed by atoms with Crippen molar-refractivity contribution in [3.63, 3.8) is 0 Å². The average Bonchev–Trinajstić information content (AvgIpc) is 3.49. The van der Waals surface area contributed by atoms with Gasteiger partial charge < -0.3 is 20.0 Å². The van der Waals surface area contributed by atoms with E-state index in [-0.39, 0.29) is 35.4 Å². The SMILES string of the molecule is C=CCOC(=O)Nc1nc(/C(=N/OC)C(=O)N[C@H]2CN3CC=C(C(C=C)C(=O)O)N3C2=O)cs1. The summed E-state index contributed by atoms with van der Waals surface area (Å²) in [4.78, 5) is 57.9. The summed E-state index contributed by atoms with van der Waals surface area (Å²) in [7, 11) is 1.24. The molecule has 1 aromatic rings. The topological polar surface area (TPSA) is 163 Å². The van der Waals surface area contributed by atoms with Gasteiger partial charge in [0.15, 0.2) is 10.8 Å². The Morgan fingerprint density at radius 1 is 1.44 bits per heavy atom. The number of nitrogens with zero attached hydrogens (tertiary/aromatic N) is 4. The van der Waals surface area contributed by atoms with Crippen LogP contribution in [0.15, 0.2) is 47.6 Å². The first kappa shape index (κ1) is 24.6. The number of hydrogen-bond donors (Lipinski definition) is 3. The number of hydrogen-bond acceptors (Lipinski definition) is 10. The van der Waals surface area contributed by atoms with Gasteiger partial charge in [0.1, 0.15) is 31.4 Å². The molecule has 3 amide bonds. The van der Waals surface area contributed by atoms with Crippen LogP contribution >= 0.6 is 11.3 Å². The van der Waals surface area contributed by atoms with Gasteiger partial charge in [0.25, 0.3) is 11.8 Å². The molecule has 180 valence electrons. The maximum atomic E-state index is 13.0. The highest BCUT2D eigenvalue weighted by atomic mass is 32.1. The summed E-state index contributed by atoms with van der Waals surface area (Å²) in [6.07, 6.45) is 3.54. The molecule has 14 heteroatoms. The van der Waals surface area contributed by atoms with Gasteiger partial charge in [-0.1, -0.05) is 23.9 Å². The van der Waals surface area contributed by atoms with E-state index in [0.29, 0.717) is 6.54 Å². The number of carboxylic acid groups (broad SMARTS) is 1. The number of fused-ring (bicyclic) bond motifs is 1. The van der Waals surface area contributed by atoms with E-state index in [0.717, 1.165) is 11.3 Å². The molecule has 0 saturated carbocycles. The number of carbonyl (C=O) groups is 4. The monoisotopic (exact) mass is 490 g/mol. The molecule has 3 heterocycles. The van der Waals surface area contributed by atoms with Crippen molar-refractivity contribution in [2.45, 2.75) is 6.04 Å². The fourth-order valence-electron chi connectivity index (χ4n) is 3.32. The van der Waals surface area contributed by atoms with Crippen LogP contribution in [0.2, 0.25) is 0 Å². The lowest BCUT2D eigenvalue weighted by atomic mass is 10.1. The third-order valence-corrected chi connectivity index (χ3v) is 5.51. The van der Waals surface area contributed by atoms with E-state index >= 15 is 0 Å². The summed E-state index contributed by atoms with van der Waals surface area (Å²) >= 11 is 1.03. The first-order chi connectivity index (χ1) is 16.3. The zero-order valence-electron chi connectivity index (χ0n) is 18.1. The Balaban J connectivity index is 1.70. The van der Waals surface area contributed by atoms with Crippen molar-refractivity contribution in [1.82, 2.24) is 20.3 Å². The average molecular weight is 490 g/mol. The zero-order valence-corrected chi connectivity index (χ0v) is 18.9. The molecule has 0 bridgehead atoms. The van der Waals surface area contributed by atoms with Crippen LogP contribution in [0.25, 0.3) is 0 Å². The number of amides is 3. The van der Waals surface area contributed by atoms with Crippen LogP contribution in [-0.4, -0.2) is 82.5 Å². The number of anilines is 1. The van der Waals surface area contributed by atoms with Crippen LogP contribution in [0.4, 0.5) is 9.93 Å². The summed E-state index contributed by atoms with van der Waals surface area (Å²) in [6, 6.07) is -0.956. The molecule has 0 radical (unpaired) electrons. The molecule has 34 heavy (non-hydrogen) atoms. The van der Waals surface area contributed by atoms with Crippen LogP contribution < -0.4 is 10.6 Å². The van der Waals surface area contributed by atoms with Crippen molar-refractivity contribution in [3.8, 4) is 0 Å². The highest BCUT2D eigenvalue weighted by molar-refractivity contribution is 7.14. The van der Waals surface area contributed by atoms with E-state index in [2.05, 4.69) is 33.9 Å². The van der Waals surface area contributed by atoms with Gasteiger partial charge >= 0.3 is 12.1 Å². The number of nitrogens with one attached hydrogen (secondary N) is 2. The lowest BCUT2D eigenvalue weighted by Gasteiger charge is -2.24. The van der Waals surface area contributed by atoms with Gasteiger partial charge in [-0.2, -0.15) is 0 Å². The lowest BCUT2D eigenvalue weighted by molar-refractivity contribution is -0.141. The van der Waals surface area contributed by atoms with E-state index < -0.39 is 35.8 Å². The third kappa shape index (κ3) is 5.13. The number of carbonyl (C=O) groups excluding carboxylic acids is 3. The Morgan fingerprint density at radius 2 is 2.21 bits per heavy atom. The molecule has 0 spiro atoms. The van der Waals surface area contributed by atoms with Gasteiger partial charge in [0.05, 0.1) is 5.70 Å². The number of hydrazine groups is 1. The number of ether oxygens (including phenoxy) is 1.